The molecule has 0 heterocycles. The number of esters is 2. The summed E-state index contributed by atoms with van der Waals surface area (Å²) in [4.78, 5) is 53.0. The van der Waals surface area contributed by atoms with E-state index >= 15 is 0 Å². The van der Waals surface area contributed by atoms with Gasteiger partial charge in [0, 0.05) is 0 Å². The monoisotopic (exact) mass is 538 g/mol. The molecule has 0 saturated carbocycles. The summed E-state index contributed by atoms with van der Waals surface area (Å²) < 4.78 is 5.21. The summed E-state index contributed by atoms with van der Waals surface area (Å²) in [7, 11) is 0. The van der Waals surface area contributed by atoms with Gasteiger partial charge in [-0.2, -0.15) is 0 Å². The van der Waals surface area contributed by atoms with Crippen molar-refractivity contribution in [1.29, 1.82) is 0 Å². The Kier molecular flexibility index (Phi) is 14.0. The van der Waals surface area contributed by atoms with Crippen LogP contribution in [-0.4, -0.2) is 33.7 Å². The van der Waals surface area contributed by atoms with Crippen molar-refractivity contribution < 1.29 is 34.1 Å². The van der Waals surface area contributed by atoms with Gasteiger partial charge in [0.25, 0.3) is 0 Å². The van der Waals surface area contributed by atoms with Gasteiger partial charge in [0.15, 0.2) is 11.6 Å². The number of hydrogen-bond acceptors (Lipinski definition) is 7. The molecule has 0 aromatic heterocycles. The zero-order valence-electron chi connectivity index (χ0n) is 23.2. The lowest BCUT2D eigenvalue weighted by atomic mass is 9.90. The molecule has 2 rings (SSSR count). The average Bonchev–Trinajstić information content (AvgIpc) is 2.92. The van der Waals surface area contributed by atoms with Crippen molar-refractivity contribution in [3.8, 4) is 11.5 Å². The number of benzene rings is 2. The predicted molar refractivity (Wildman–Crippen MR) is 150 cm³/mol. The molecule has 0 bridgehead atoms. The van der Waals surface area contributed by atoms with Crippen LogP contribution in [0.2, 0.25) is 0 Å². The van der Waals surface area contributed by atoms with Crippen LogP contribution in [-0.2, 0) is 14.3 Å². The maximum Gasteiger partial charge on any atom is 0.324 e. The molecule has 2 unspecified atom stereocenters. The Morgan fingerprint density at radius 2 is 0.949 bits per heavy atom. The van der Waals surface area contributed by atoms with Gasteiger partial charge in [0.1, 0.15) is 23.3 Å². The molecule has 2 aromatic rings. The fraction of sp³-hybridized carbons (Fsp3) is 0.500. The van der Waals surface area contributed by atoms with Crippen LogP contribution in [0.4, 0.5) is 0 Å². The van der Waals surface area contributed by atoms with Crippen molar-refractivity contribution in [2.45, 2.75) is 90.9 Å². The van der Waals surface area contributed by atoms with E-state index in [4.69, 9.17) is 4.74 Å². The van der Waals surface area contributed by atoms with E-state index in [1.54, 1.807) is 24.3 Å². The van der Waals surface area contributed by atoms with E-state index in [0.29, 0.717) is 12.8 Å². The van der Waals surface area contributed by atoms with Crippen LogP contribution < -0.4 is 0 Å². The van der Waals surface area contributed by atoms with E-state index in [-0.39, 0.29) is 35.5 Å². The van der Waals surface area contributed by atoms with Crippen LogP contribution in [0.25, 0.3) is 0 Å². The molecule has 2 atom stereocenters. The highest BCUT2D eigenvalue weighted by molar-refractivity contribution is 6.14. The molecule has 0 radical (unpaired) electrons. The Labute approximate surface area is 231 Å². The van der Waals surface area contributed by atoms with E-state index < -0.39 is 35.3 Å². The molecule has 0 aliphatic rings. The predicted octanol–water partition coefficient (Wildman–Crippen LogP) is 7.19. The maximum atomic E-state index is 13.3. The summed E-state index contributed by atoms with van der Waals surface area (Å²) in [6, 6.07) is 11.9. The number of unbranched alkanes of at least 4 members (excludes halogenated alkanes) is 8. The molecular weight excluding hydrogens is 496 g/mol. The lowest BCUT2D eigenvalue weighted by Crippen LogP contribution is -2.33. The zero-order chi connectivity index (χ0) is 28.6. The van der Waals surface area contributed by atoms with Crippen LogP contribution in [0.15, 0.2) is 48.5 Å². The van der Waals surface area contributed by atoms with Crippen molar-refractivity contribution >= 4 is 23.5 Å². The molecule has 7 heteroatoms. The van der Waals surface area contributed by atoms with Crippen molar-refractivity contribution in [3.63, 3.8) is 0 Å². The molecule has 0 fully saturated rings. The van der Waals surface area contributed by atoms with E-state index in [9.17, 15) is 29.4 Å². The molecule has 0 aliphatic carbocycles. The number of rotatable bonds is 18. The molecule has 0 aliphatic heterocycles. The Morgan fingerprint density at radius 1 is 0.590 bits per heavy atom. The van der Waals surface area contributed by atoms with E-state index in [1.807, 2.05) is 0 Å². The highest BCUT2D eigenvalue weighted by atomic mass is 16.6. The Bertz CT molecular complexity index is 1010. The van der Waals surface area contributed by atoms with Crippen LogP contribution in [0, 0.1) is 11.8 Å². The van der Waals surface area contributed by atoms with Crippen molar-refractivity contribution in [3.05, 3.63) is 59.7 Å². The molecule has 7 nitrogen and oxygen atoms in total. The van der Waals surface area contributed by atoms with Gasteiger partial charge in [-0.1, -0.05) is 102 Å². The lowest BCUT2D eigenvalue weighted by Gasteiger charge is -2.18. The second-order valence-corrected chi connectivity index (χ2v) is 10.0. The third-order valence-corrected chi connectivity index (χ3v) is 6.93. The molecule has 2 aromatic carbocycles. The van der Waals surface area contributed by atoms with Gasteiger partial charge in [0.2, 0.25) is 0 Å². The molecule has 0 saturated heterocycles. The van der Waals surface area contributed by atoms with Gasteiger partial charge in [-0.25, -0.2) is 0 Å². The number of phenols is 2. The second kappa shape index (κ2) is 17.2. The first-order chi connectivity index (χ1) is 18.8. The minimum absolute atomic E-state index is 0.0155. The summed E-state index contributed by atoms with van der Waals surface area (Å²) in [6.07, 6.45) is 9.17. The summed E-state index contributed by atoms with van der Waals surface area (Å²) in [5, 5.41) is 20.4. The third-order valence-electron chi connectivity index (χ3n) is 6.93. The summed E-state index contributed by atoms with van der Waals surface area (Å²) in [5.74, 6) is -6.36. The number of ether oxygens (including phenoxy) is 1. The van der Waals surface area contributed by atoms with Gasteiger partial charge in [-0.15, -0.1) is 0 Å². The minimum atomic E-state index is -1.28. The van der Waals surface area contributed by atoms with E-state index in [1.165, 1.54) is 24.3 Å². The number of ketones is 2. The number of carbonyl (C=O) groups excluding carboxylic acids is 4. The van der Waals surface area contributed by atoms with Crippen LogP contribution in [0.5, 0.6) is 11.5 Å². The van der Waals surface area contributed by atoms with Crippen LogP contribution in [0.1, 0.15) is 112 Å². The van der Waals surface area contributed by atoms with Crippen molar-refractivity contribution in [1.82, 2.24) is 0 Å². The highest BCUT2D eigenvalue weighted by Gasteiger charge is 2.36. The summed E-state index contributed by atoms with van der Waals surface area (Å²) in [6.45, 7) is 4.17. The van der Waals surface area contributed by atoms with Crippen LogP contribution >= 0.6 is 0 Å². The van der Waals surface area contributed by atoms with Gasteiger partial charge < -0.3 is 14.9 Å². The average molecular weight is 539 g/mol. The first-order valence-corrected chi connectivity index (χ1v) is 14.2. The van der Waals surface area contributed by atoms with Gasteiger partial charge in [-0.05, 0) is 37.1 Å². The quantitative estimate of drug-likeness (QED) is 0.0892. The van der Waals surface area contributed by atoms with Crippen molar-refractivity contribution in [2.24, 2.45) is 11.8 Å². The van der Waals surface area contributed by atoms with Crippen LogP contribution in [0.3, 0.4) is 0 Å². The van der Waals surface area contributed by atoms with E-state index in [2.05, 4.69) is 13.8 Å². The number of hydrogen-bond donors (Lipinski definition) is 2. The topological polar surface area (TPSA) is 118 Å². The SMILES string of the molecule is CCCCCCCC(C(=O)OC(=O)C(CCCCCCC)C(=O)c1ccccc1O)C(=O)c1ccccc1O. The lowest BCUT2D eigenvalue weighted by molar-refractivity contribution is -0.163. The summed E-state index contributed by atoms with van der Waals surface area (Å²) >= 11 is 0. The first-order valence-electron chi connectivity index (χ1n) is 14.2. The normalized spacial score (nSPS) is 12.5. The number of Topliss-reactive ketones (excluding diaryl/α,β-unsaturated/α-hetero) is 2. The highest BCUT2D eigenvalue weighted by Crippen LogP contribution is 2.27. The molecule has 0 amide bonds. The molecule has 0 spiro atoms. The van der Waals surface area contributed by atoms with E-state index in [0.717, 1.165) is 51.4 Å². The summed E-state index contributed by atoms with van der Waals surface area (Å²) in [5.41, 5.74) is -0.0311. The smallest absolute Gasteiger partial charge is 0.324 e. The maximum absolute atomic E-state index is 13.3. The first kappa shape index (κ1) is 31.7. The van der Waals surface area contributed by atoms with Gasteiger partial charge >= 0.3 is 11.9 Å². The molecule has 39 heavy (non-hydrogen) atoms. The minimum Gasteiger partial charge on any atom is -0.507 e. The Balaban J connectivity index is 2.23. The zero-order valence-corrected chi connectivity index (χ0v) is 23.2. The van der Waals surface area contributed by atoms with Crippen molar-refractivity contribution in [2.75, 3.05) is 0 Å². The fourth-order valence-electron chi connectivity index (χ4n) is 4.60. The number of phenolic OH excluding ortho intramolecular Hbond substituents is 2. The number of aromatic hydroxyl groups is 2. The number of carbonyl (C=O) groups is 4. The number of para-hydroxylation sites is 2. The van der Waals surface area contributed by atoms with Gasteiger partial charge in [0.05, 0.1) is 11.1 Å². The second-order valence-electron chi connectivity index (χ2n) is 10.0. The standard InChI is InChI=1S/C32H42O7/c1-3-5-7-9-11-19-25(29(35)23-17-13-15-21-27(23)33)31(37)39-32(38)26(20-12-10-8-6-4-2)30(36)24-18-14-16-22-28(24)34/h13-18,21-22,25-26,33-34H,3-12,19-20H2,1-2H3. The Morgan fingerprint density at radius 3 is 1.31 bits per heavy atom. The third kappa shape index (κ3) is 9.97. The Hall–Kier alpha value is -3.48. The molecule has 212 valence electrons. The molecular formula is C32H42O7. The largest absolute Gasteiger partial charge is 0.507 e. The fourth-order valence-corrected chi connectivity index (χ4v) is 4.60. The molecule has 2 N–H and O–H groups in total. The van der Waals surface area contributed by atoms with Gasteiger partial charge in [-0.3, -0.25) is 19.2 Å².